The Morgan fingerprint density at radius 2 is 1.55 bits per heavy atom. The fourth-order valence-corrected chi connectivity index (χ4v) is 0.952. The molecule has 0 aliphatic carbocycles. The van der Waals surface area contributed by atoms with Crippen molar-refractivity contribution < 1.29 is 21.7 Å². The van der Waals surface area contributed by atoms with Crippen molar-refractivity contribution in [3.05, 3.63) is 43.7 Å². The maximum Gasteiger partial charge on any atom is 3.00 e. The van der Waals surface area contributed by atoms with E-state index in [-0.39, 0.29) is 36.6 Å². The monoisotopic (exact) mass is 185 g/mol. The molecule has 0 amide bonds. The van der Waals surface area contributed by atoms with Crippen LogP contribution in [0.1, 0.15) is 16.7 Å². The van der Waals surface area contributed by atoms with Crippen molar-refractivity contribution in [2.75, 3.05) is 0 Å². The van der Waals surface area contributed by atoms with E-state index in [0.717, 1.165) is 0 Å². The van der Waals surface area contributed by atoms with Crippen molar-refractivity contribution in [1.29, 1.82) is 0 Å². The first-order valence-corrected chi connectivity index (χ1v) is 2.90. The van der Waals surface area contributed by atoms with Gasteiger partial charge in [0.15, 0.2) is 0 Å². The third-order valence-electron chi connectivity index (χ3n) is 1.51. The molecule has 0 N–H and O–H groups in total. The van der Waals surface area contributed by atoms with Crippen LogP contribution in [-0.2, 0) is 21.7 Å². The SMILES string of the molecule is Cc1cc(C)c(C)[cH-]1.[CH3-].[CH3-].[Ti+3]. The van der Waals surface area contributed by atoms with Crippen LogP contribution in [0.2, 0.25) is 0 Å². The molecule has 0 nitrogen and oxygen atoms in total. The molecule has 0 heterocycles. The van der Waals surface area contributed by atoms with Crippen LogP contribution in [0.25, 0.3) is 0 Å². The van der Waals surface area contributed by atoms with Gasteiger partial charge in [-0.3, -0.25) is 0 Å². The average Bonchev–Trinajstić information content (AvgIpc) is 1.85. The Bertz CT molecular complexity index is 167. The fraction of sp³-hybridized carbons (Fsp3) is 0.300. The summed E-state index contributed by atoms with van der Waals surface area (Å²) >= 11 is 0. The molecule has 0 spiro atoms. The summed E-state index contributed by atoms with van der Waals surface area (Å²) in [6.45, 7) is 6.41. The van der Waals surface area contributed by atoms with Crippen molar-refractivity contribution >= 4 is 0 Å². The van der Waals surface area contributed by atoms with E-state index in [1.54, 1.807) is 0 Å². The molecule has 0 aliphatic rings. The van der Waals surface area contributed by atoms with Crippen LogP contribution >= 0.6 is 0 Å². The van der Waals surface area contributed by atoms with Gasteiger partial charge in [-0.15, -0.1) is 0 Å². The minimum absolute atomic E-state index is 0. The van der Waals surface area contributed by atoms with Crippen LogP contribution in [0.4, 0.5) is 0 Å². The van der Waals surface area contributed by atoms with Crippen LogP contribution in [0.15, 0.2) is 12.1 Å². The molecule has 61 valence electrons. The molecule has 0 saturated heterocycles. The quantitative estimate of drug-likeness (QED) is 0.430. The average molecular weight is 185 g/mol. The first-order chi connectivity index (χ1) is 3.70. The van der Waals surface area contributed by atoms with Gasteiger partial charge in [0.2, 0.25) is 0 Å². The summed E-state index contributed by atoms with van der Waals surface area (Å²) in [6.07, 6.45) is 0. The van der Waals surface area contributed by atoms with Crippen molar-refractivity contribution in [3.8, 4) is 0 Å². The first kappa shape index (κ1) is 17.2. The second-order valence-electron chi connectivity index (χ2n) is 2.40. The van der Waals surface area contributed by atoms with Crippen LogP contribution < -0.4 is 0 Å². The maximum absolute atomic E-state index is 2.20. The molecular formula is C10H17Ti. The Morgan fingerprint density at radius 3 is 1.64 bits per heavy atom. The van der Waals surface area contributed by atoms with E-state index in [1.165, 1.54) is 16.7 Å². The van der Waals surface area contributed by atoms with Crippen LogP contribution in [0.5, 0.6) is 0 Å². The summed E-state index contributed by atoms with van der Waals surface area (Å²) in [5, 5.41) is 0. The van der Waals surface area contributed by atoms with Crippen LogP contribution in [-0.4, -0.2) is 0 Å². The molecule has 1 aromatic carbocycles. The Labute approximate surface area is 86.3 Å². The minimum Gasteiger partial charge on any atom is -0.358 e. The topological polar surface area (TPSA) is 0 Å². The van der Waals surface area contributed by atoms with Gasteiger partial charge < -0.3 is 14.9 Å². The Kier molecular flexibility index (Phi) is 10.6. The van der Waals surface area contributed by atoms with Gasteiger partial charge in [0.05, 0.1) is 0 Å². The molecule has 0 bridgehead atoms. The van der Waals surface area contributed by atoms with Gasteiger partial charge in [0.1, 0.15) is 0 Å². The fourth-order valence-electron chi connectivity index (χ4n) is 0.952. The predicted molar refractivity (Wildman–Crippen MR) is 49.1 cm³/mol. The summed E-state index contributed by atoms with van der Waals surface area (Å²) in [5.41, 5.74) is 4.19. The van der Waals surface area contributed by atoms with E-state index in [2.05, 4.69) is 32.9 Å². The summed E-state index contributed by atoms with van der Waals surface area (Å²) < 4.78 is 0. The van der Waals surface area contributed by atoms with E-state index in [9.17, 15) is 0 Å². The molecule has 1 rings (SSSR count). The van der Waals surface area contributed by atoms with Crippen molar-refractivity contribution in [2.45, 2.75) is 20.8 Å². The molecule has 1 heteroatoms. The summed E-state index contributed by atoms with van der Waals surface area (Å²) in [5.74, 6) is 0. The van der Waals surface area contributed by atoms with Gasteiger partial charge in [0, 0.05) is 0 Å². The zero-order chi connectivity index (χ0) is 6.15. The minimum atomic E-state index is 0. The van der Waals surface area contributed by atoms with Gasteiger partial charge in [-0.2, -0.15) is 22.8 Å². The Balaban J connectivity index is -0.000000213. The maximum atomic E-state index is 2.20. The van der Waals surface area contributed by atoms with E-state index in [4.69, 9.17) is 0 Å². The largest absolute Gasteiger partial charge is 3.00 e. The van der Waals surface area contributed by atoms with E-state index in [0.29, 0.717) is 0 Å². The first-order valence-electron chi connectivity index (χ1n) is 2.90. The third-order valence-corrected chi connectivity index (χ3v) is 1.51. The van der Waals surface area contributed by atoms with Crippen molar-refractivity contribution in [1.82, 2.24) is 0 Å². The number of hydrogen-bond acceptors (Lipinski definition) is 0. The smallest absolute Gasteiger partial charge is 0.358 e. The standard InChI is InChI=1S/C8H11.2CH3.Ti/c1-6-4-7(2)8(3)5-6;;;/h4-5H,1-3H3;2*1H3;/q3*-1;+3. The summed E-state index contributed by atoms with van der Waals surface area (Å²) in [6, 6.07) is 4.41. The third kappa shape index (κ3) is 4.50. The number of aryl methyl sites for hydroxylation is 3. The van der Waals surface area contributed by atoms with E-state index >= 15 is 0 Å². The molecule has 0 atom stereocenters. The molecule has 0 unspecified atom stereocenters. The molecule has 0 fully saturated rings. The normalized spacial score (nSPS) is 7.18. The van der Waals surface area contributed by atoms with Crippen molar-refractivity contribution in [3.63, 3.8) is 0 Å². The van der Waals surface area contributed by atoms with Crippen molar-refractivity contribution in [2.24, 2.45) is 0 Å². The molecule has 1 aromatic rings. The van der Waals surface area contributed by atoms with Gasteiger partial charge in [0.25, 0.3) is 0 Å². The van der Waals surface area contributed by atoms with Crippen LogP contribution in [0, 0.1) is 35.6 Å². The van der Waals surface area contributed by atoms with Gasteiger partial charge in [-0.1, -0.05) is 20.8 Å². The number of rotatable bonds is 0. The summed E-state index contributed by atoms with van der Waals surface area (Å²) in [7, 11) is 0. The Morgan fingerprint density at radius 1 is 1.09 bits per heavy atom. The molecule has 0 saturated carbocycles. The number of hydrogen-bond donors (Lipinski definition) is 0. The van der Waals surface area contributed by atoms with Crippen LogP contribution in [0.3, 0.4) is 0 Å². The molecule has 0 aliphatic heterocycles. The van der Waals surface area contributed by atoms with E-state index < -0.39 is 0 Å². The Hall–Kier alpha value is 0.0643. The second kappa shape index (κ2) is 6.75. The van der Waals surface area contributed by atoms with E-state index in [1.807, 2.05) is 0 Å². The second-order valence-corrected chi connectivity index (χ2v) is 2.40. The molecule has 0 aromatic heterocycles. The molecule has 11 heavy (non-hydrogen) atoms. The van der Waals surface area contributed by atoms with Gasteiger partial charge in [-0.05, 0) is 0 Å². The van der Waals surface area contributed by atoms with Gasteiger partial charge >= 0.3 is 21.7 Å². The molecule has 1 radical (unpaired) electrons. The molecular weight excluding hydrogens is 168 g/mol. The van der Waals surface area contributed by atoms with Gasteiger partial charge in [-0.25, -0.2) is 6.07 Å². The zero-order valence-corrected chi connectivity index (χ0v) is 9.72. The predicted octanol–water partition coefficient (Wildman–Crippen LogP) is 3.23. The zero-order valence-electron chi connectivity index (χ0n) is 8.15. The summed E-state index contributed by atoms with van der Waals surface area (Å²) in [4.78, 5) is 0.